The van der Waals surface area contributed by atoms with Crippen LogP contribution in [-0.2, 0) is 11.3 Å². The Morgan fingerprint density at radius 1 is 1.18 bits per heavy atom. The fraction of sp³-hybridized carbons (Fsp3) is 0.286. The van der Waals surface area contributed by atoms with Crippen molar-refractivity contribution >= 4 is 17.5 Å². The number of hydrogen-bond donors (Lipinski definition) is 3. The van der Waals surface area contributed by atoms with Crippen molar-refractivity contribution in [3.8, 4) is 0 Å². The molecule has 0 bridgehead atoms. The monoisotopic (exact) mass is 380 g/mol. The molecule has 1 aromatic carbocycles. The number of aromatic nitrogens is 1. The first-order valence-corrected chi connectivity index (χ1v) is 9.05. The molecule has 3 N–H and O–H groups in total. The maximum atomic E-state index is 12.2. The average Bonchev–Trinajstić information content (AvgIpc) is 3.13. The van der Waals surface area contributed by atoms with E-state index < -0.39 is 6.17 Å². The number of carbonyl (C=O) groups is 2. The molecule has 7 nitrogen and oxygen atoms in total. The Morgan fingerprint density at radius 2 is 1.93 bits per heavy atom. The molecule has 2 heterocycles. The lowest BCUT2D eigenvalue weighted by Crippen LogP contribution is -2.43. The summed E-state index contributed by atoms with van der Waals surface area (Å²) in [6, 6.07) is 10.3. The molecule has 0 spiro atoms. The van der Waals surface area contributed by atoms with E-state index in [4.69, 9.17) is 4.84 Å². The average molecular weight is 380 g/mol. The molecular formula is C21H24N4O3. The van der Waals surface area contributed by atoms with E-state index >= 15 is 0 Å². The normalized spacial score (nSPS) is 16.1. The molecular weight excluding hydrogens is 356 g/mol. The standard InChI is InChI=1S/C21H24N4O3/c1-21(2,3)18-12-19(25-28-18)24-20(27)23-16-8-6-14(7-9-16)11-17(26)15-5-4-10-22-13-15/h4-10,12-13,19,25H,11H2,1-3H3,(H2,23,24,27). The molecule has 7 heteroatoms. The van der Waals surface area contributed by atoms with Crippen molar-refractivity contribution in [3.63, 3.8) is 0 Å². The highest BCUT2D eigenvalue weighted by molar-refractivity contribution is 5.97. The largest absolute Gasteiger partial charge is 0.410 e. The molecule has 1 aliphatic heterocycles. The molecule has 1 unspecified atom stereocenters. The van der Waals surface area contributed by atoms with Crippen LogP contribution in [0, 0.1) is 5.41 Å². The van der Waals surface area contributed by atoms with Crippen LogP contribution < -0.4 is 16.1 Å². The van der Waals surface area contributed by atoms with Gasteiger partial charge >= 0.3 is 6.03 Å². The van der Waals surface area contributed by atoms with Gasteiger partial charge in [0.05, 0.1) is 0 Å². The van der Waals surface area contributed by atoms with Crippen molar-refractivity contribution < 1.29 is 14.4 Å². The van der Waals surface area contributed by atoms with E-state index in [1.165, 1.54) is 0 Å². The molecule has 1 aromatic heterocycles. The summed E-state index contributed by atoms with van der Waals surface area (Å²) in [5.41, 5.74) is 4.71. The summed E-state index contributed by atoms with van der Waals surface area (Å²) in [6.45, 7) is 6.09. The van der Waals surface area contributed by atoms with Crippen LogP contribution in [0.15, 0.2) is 60.6 Å². The zero-order valence-corrected chi connectivity index (χ0v) is 16.2. The Morgan fingerprint density at radius 3 is 2.54 bits per heavy atom. The Balaban J connectivity index is 1.52. The van der Waals surface area contributed by atoms with Crippen molar-refractivity contribution in [1.29, 1.82) is 0 Å². The highest BCUT2D eigenvalue weighted by Gasteiger charge is 2.27. The van der Waals surface area contributed by atoms with Gasteiger partial charge in [0.15, 0.2) is 5.78 Å². The van der Waals surface area contributed by atoms with Gasteiger partial charge in [0.2, 0.25) is 0 Å². The predicted molar refractivity (Wildman–Crippen MR) is 106 cm³/mol. The van der Waals surface area contributed by atoms with E-state index in [2.05, 4.69) is 21.1 Å². The van der Waals surface area contributed by atoms with Crippen molar-refractivity contribution in [2.75, 3.05) is 5.32 Å². The van der Waals surface area contributed by atoms with Crippen LogP contribution in [0.25, 0.3) is 0 Å². The number of Topliss-reactive ketones (excluding diaryl/α,β-unsaturated/α-hetero) is 1. The summed E-state index contributed by atoms with van der Waals surface area (Å²) < 4.78 is 0. The first kappa shape index (κ1) is 19.6. The third kappa shape index (κ3) is 5.17. The molecule has 0 saturated heterocycles. The van der Waals surface area contributed by atoms with E-state index in [0.717, 1.165) is 11.3 Å². The van der Waals surface area contributed by atoms with Crippen LogP contribution in [0.2, 0.25) is 0 Å². The lowest BCUT2D eigenvalue weighted by atomic mass is 9.94. The van der Waals surface area contributed by atoms with Gasteiger partial charge in [-0.2, -0.15) is 0 Å². The maximum Gasteiger partial charge on any atom is 0.320 e. The molecule has 0 saturated carbocycles. The van der Waals surface area contributed by atoms with Crippen molar-refractivity contribution in [2.45, 2.75) is 33.4 Å². The van der Waals surface area contributed by atoms with Gasteiger partial charge in [-0.15, -0.1) is 5.48 Å². The number of nitrogens with zero attached hydrogens (tertiary/aromatic N) is 1. The Bertz CT molecular complexity index is 871. The van der Waals surface area contributed by atoms with Gasteiger partial charge in [0.25, 0.3) is 0 Å². The van der Waals surface area contributed by atoms with Gasteiger partial charge in [-0.3, -0.25) is 9.78 Å². The first-order chi connectivity index (χ1) is 13.3. The number of pyridine rings is 1. The molecule has 28 heavy (non-hydrogen) atoms. The van der Waals surface area contributed by atoms with Crippen LogP contribution in [0.3, 0.4) is 0 Å². The lowest BCUT2D eigenvalue weighted by Gasteiger charge is -2.17. The third-order valence-corrected chi connectivity index (χ3v) is 4.20. The Kier molecular flexibility index (Phi) is 5.75. The quantitative estimate of drug-likeness (QED) is 0.691. The minimum atomic E-state index is -0.398. The summed E-state index contributed by atoms with van der Waals surface area (Å²) in [4.78, 5) is 33.8. The fourth-order valence-electron chi connectivity index (χ4n) is 2.65. The summed E-state index contributed by atoms with van der Waals surface area (Å²) in [7, 11) is 0. The highest BCUT2D eigenvalue weighted by atomic mass is 16.7. The topological polar surface area (TPSA) is 92.4 Å². The number of hydrogen-bond acceptors (Lipinski definition) is 5. The molecule has 1 aliphatic rings. The molecule has 0 aliphatic carbocycles. The fourth-order valence-corrected chi connectivity index (χ4v) is 2.65. The van der Waals surface area contributed by atoms with Crippen molar-refractivity contribution in [1.82, 2.24) is 15.8 Å². The number of nitrogens with one attached hydrogen (secondary N) is 3. The number of rotatable bonds is 5. The highest BCUT2D eigenvalue weighted by Crippen LogP contribution is 2.28. The van der Waals surface area contributed by atoms with E-state index in [9.17, 15) is 9.59 Å². The summed E-state index contributed by atoms with van der Waals surface area (Å²) in [5, 5.41) is 5.54. The second kappa shape index (κ2) is 8.22. The number of amides is 2. The summed E-state index contributed by atoms with van der Waals surface area (Å²) in [6.07, 6.45) is 4.91. The molecule has 0 radical (unpaired) electrons. The van der Waals surface area contributed by atoms with Crippen molar-refractivity contribution in [2.24, 2.45) is 5.41 Å². The number of ketones is 1. The maximum absolute atomic E-state index is 12.2. The second-order valence-electron chi connectivity index (χ2n) is 7.62. The predicted octanol–water partition coefficient (Wildman–Crippen LogP) is 3.42. The van der Waals surface area contributed by atoms with Crippen LogP contribution in [0.5, 0.6) is 0 Å². The lowest BCUT2D eigenvalue weighted by molar-refractivity contribution is 0.0755. The molecule has 1 atom stereocenters. The van der Waals surface area contributed by atoms with Gasteiger partial charge in [-0.05, 0) is 35.9 Å². The smallest absolute Gasteiger partial charge is 0.320 e. The summed E-state index contributed by atoms with van der Waals surface area (Å²) in [5.74, 6) is 0.778. The van der Waals surface area contributed by atoms with Crippen molar-refractivity contribution in [3.05, 3.63) is 71.8 Å². The van der Waals surface area contributed by atoms with Gasteiger partial charge in [0.1, 0.15) is 11.9 Å². The number of hydroxylamine groups is 1. The summed E-state index contributed by atoms with van der Waals surface area (Å²) >= 11 is 0. The van der Waals surface area contributed by atoms with Gasteiger partial charge in [-0.25, -0.2) is 4.79 Å². The van der Waals surface area contributed by atoms with Crippen LogP contribution in [-0.4, -0.2) is 23.0 Å². The van der Waals surface area contributed by atoms with E-state index in [-0.39, 0.29) is 23.7 Å². The second-order valence-corrected chi connectivity index (χ2v) is 7.62. The Labute approximate surface area is 164 Å². The minimum Gasteiger partial charge on any atom is -0.410 e. The first-order valence-electron chi connectivity index (χ1n) is 9.05. The van der Waals surface area contributed by atoms with Gasteiger partial charge in [0, 0.05) is 35.5 Å². The minimum absolute atomic E-state index is 0.000278. The number of benzene rings is 1. The van der Waals surface area contributed by atoms with Crippen LogP contribution in [0.4, 0.5) is 10.5 Å². The van der Waals surface area contributed by atoms with Crippen LogP contribution >= 0.6 is 0 Å². The molecule has 3 rings (SSSR count). The number of allylic oxidation sites excluding steroid dienone is 1. The molecule has 146 valence electrons. The number of anilines is 1. The third-order valence-electron chi connectivity index (χ3n) is 4.20. The van der Waals surface area contributed by atoms with Crippen LogP contribution in [0.1, 0.15) is 36.7 Å². The zero-order valence-electron chi connectivity index (χ0n) is 16.2. The van der Waals surface area contributed by atoms with E-state index in [0.29, 0.717) is 11.3 Å². The van der Waals surface area contributed by atoms with E-state index in [1.807, 2.05) is 39.0 Å². The Hall–Kier alpha value is -3.19. The molecule has 2 amide bonds. The van der Waals surface area contributed by atoms with Gasteiger partial charge in [-0.1, -0.05) is 32.9 Å². The van der Waals surface area contributed by atoms with E-state index in [1.54, 1.807) is 36.7 Å². The number of urea groups is 1. The molecule has 0 fully saturated rings. The SMILES string of the molecule is CC(C)(C)C1=CC(NC(=O)Nc2ccc(CC(=O)c3cccnc3)cc2)NO1. The number of carbonyl (C=O) groups excluding carboxylic acids is 2. The molecule has 2 aromatic rings. The van der Waals surface area contributed by atoms with Gasteiger partial charge < -0.3 is 15.5 Å². The zero-order chi connectivity index (χ0) is 20.1.